The lowest BCUT2D eigenvalue weighted by Gasteiger charge is -2.35. The molecule has 8 nitrogen and oxygen atoms in total. The monoisotopic (exact) mass is 328 g/mol. The van der Waals surface area contributed by atoms with Crippen molar-refractivity contribution in [1.29, 1.82) is 0 Å². The van der Waals surface area contributed by atoms with Gasteiger partial charge in [0.2, 0.25) is 5.91 Å². The number of nitrogens with zero attached hydrogens (tertiary/aromatic N) is 1. The second-order valence-corrected chi connectivity index (χ2v) is 6.73. The van der Waals surface area contributed by atoms with E-state index in [1.807, 2.05) is 20.8 Å². The van der Waals surface area contributed by atoms with Gasteiger partial charge in [-0.1, -0.05) is 6.42 Å². The van der Waals surface area contributed by atoms with Gasteiger partial charge in [0.25, 0.3) is 0 Å². The third-order valence-electron chi connectivity index (χ3n) is 3.52. The maximum atomic E-state index is 11.7. The number of rotatable bonds is 5. The van der Waals surface area contributed by atoms with Gasteiger partial charge in [-0.3, -0.25) is 15.0 Å². The molecule has 0 aliphatic carbocycles. The zero-order chi connectivity index (χ0) is 17.5. The molecule has 0 bridgehead atoms. The number of amides is 4. The molecule has 23 heavy (non-hydrogen) atoms. The molecule has 0 spiro atoms. The molecule has 0 unspecified atom stereocenters. The van der Waals surface area contributed by atoms with Crippen molar-refractivity contribution in [3.8, 4) is 0 Å². The van der Waals surface area contributed by atoms with Gasteiger partial charge >= 0.3 is 12.1 Å². The lowest BCUT2D eigenvalue weighted by Crippen LogP contribution is -2.48. The maximum absolute atomic E-state index is 11.7. The molecule has 1 aliphatic heterocycles. The Morgan fingerprint density at radius 3 is 2.57 bits per heavy atom. The van der Waals surface area contributed by atoms with Crippen LogP contribution in [-0.2, 0) is 9.53 Å². The SMILES string of the molecule is CC(C)(C)OC(=O)NC[C@@H]1CCCCN1CCC(=O)NC(N)=O. The Morgan fingerprint density at radius 2 is 1.96 bits per heavy atom. The fraction of sp³-hybridized carbons (Fsp3) is 0.800. The number of alkyl carbamates (subject to hydrolysis) is 1. The van der Waals surface area contributed by atoms with E-state index >= 15 is 0 Å². The van der Waals surface area contributed by atoms with Crippen molar-refractivity contribution in [1.82, 2.24) is 15.5 Å². The van der Waals surface area contributed by atoms with Crippen LogP contribution in [0.3, 0.4) is 0 Å². The molecule has 1 fully saturated rings. The molecule has 1 heterocycles. The molecule has 1 rings (SSSR count). The highest BCUT2D eigenvalue weighted by Gasteiger charge is 2.24. The zero-order valence-electron chi connectivity index (χ0n) is 14.2. The van der Waals surface area contributed by atoms with Crippen LogP contribution in [0.5, 0.6) is 0 Å². The lowest BCUT2D eigenvalue weighted by atomic mass is 10.0. The van der Waals surface area contributed by atoms with Crippen LogP contribution < -0.4 is 16.4 Å². The molecule has 8 heteroatoms. The topological polar surface area (TPSA) is 114 Å². The summed E-state index contributed by atoms with van der Waals surface area (Å²) in [7, 11) is 0. The molecule has 1 aliphatic rings. The van der Waals surface area contributed by atoms with Gasteiger partial charge in [-0.15, -0.1) is 0 Å². The second kappa shape index (κ2) is 8.71. The van der Waals surface area contributed by atoms with Crippen molar-refractivity contribution in [2.24, 2.45) is 5.73 Å². The quantitative estimate of drug-likeness (QED) is 0.695. The maximum Gasteiger partial charge on any atom is 0.407 e. The third-order valence-corrected chi connectivity index (χ3v) is 3.52. The summed E-state index contributed by atoms with van der Waals surface area (Å²) in [6.07, 6.45) is 2.86. The summed E-state index contributed by atoms with van der Waals surface area (Å²) in [5.74, 6) is -0.387. The molecule has 0 radical (unpaired) electrons. The smallest absolute Gasteiger partial charge is 0.407 e. The van der Waals surface area contributed by atoms with E-state index < -0.39 is 17.7 Å². The molecular formula is C15H28N4O4. The van der Waals surface area contributed by atoms with Crippen molar-refractivity contribution in [3.05, 3.63) is 0 Å². The Labute approximate surface area is 137 Å². The van der Waals surface area contributed by atoms with E-state index in [-0.39, 0.29) is 18.4 Å². The number of carbonyl (C=O) groups is 3. The van der Waals surface area contributed by atoms with E-state index in [0.29, 0.717) is 13.1 Å². The van der Waals surface area contributed by atoms with Gasteiger partial charge in [0, 0.05) is 25.6 Å². The number of nitrogens with one attached hydrogen (secondary N) is 2. The third kappa shape index (κ3) is 8.39. The first kappa shape index (κ1) is 19.2. The normalized spacial score (nSPS) is 19.0. The molecule has 0 aromatic carbocycles. The fourth-order valence-electron chi connectivity index (χ4n) is 2.55. The van der Waals surface area contributed by atoms with Gasteiger partial charge in [-0.05, 0) is 40.2 Å². The number of carbonyl (C=O) groups excluding carboxylic acids is 3. The number of urea groups is 1. The van der Waals surface area contributed by atoms with Crippen LogP contribution in [0.2, 0.25) is 0 Å². The summed E-state index contributed by atoms with van der Waals surface area (Å²) >= 11 is 0. The lowest BCUT2D eigenvalue weighted by molar-refractivity contribution is -0.120. The second-order valence-electron chi connectivity index (χ2n) is 6.73. The van der Waals surface area contributed by atoms with E-state index in [1.54, 1.807) is 0 Å². The molecule has 1 atom stereocenters. The van der Waals surface area contributed by atoms with Crippen LogP contribution in [0, 0.1) is 0 Å². The number of hydrogen-bond donors (Lipinski definition) is 3. The Kier molecular flexibility index (Phi) is 7.28. The standard InChI is InChI=1S/C15H28N4O4/c1-15(2,3)23-14(22)17-10-11-6-4-5-8-19(11)9-7-12(20)18-13(16)21/h11H,4-10H2,1-3H3,(H,17,22)(H3,16,18,20,21)/t11-/m0/s1. The number of primary amides is 1. The van der Waals surface area contributed by atoms with Crippen LogP contribution in [-0.4, -0.2) is 54.2 Å². The number of ether oxygens (including phenoxy) is 1. The molecule has 0 saturated carbocycles. The minimum atomic E-state index is -0.836. The van der Waals surface area contributed by atoms with Crippen LogP contribution in [0.1, 0.15) is 46.5 Å². The highest BCUT2D eigenvalue weighted by molar-refractivity contribution is 5.93. The zero-order valence-corrected chi connectivity index (χ0v) is 14.2. The summed E-state index contributed by atoms with van der Waals surface area (Å²) in [4.78, 5) is 36.0. The van der Waals surface area contributed by atoms with E-state index in [9.17, 15) is 14.4 Å². The largest absolute Gasteiger partial charge is 0.444 e. The first-order chi connectivity index (χ1) is 10.7. The Morgan fingerprint density at radius 1 is 1.26 bits per heavy atom. The molecule has 0 aromatic rings. The molecule has 4 amide bonds. The molecule has 4 N–H and O–H groups in total. The van der Waals surface area contributed by atoms with E-state index in [1.165, 1.54) is 0 Å². The first-order valence-corrected chi connectivity index (χ1v) is 7.97. The van der Waals surface area contributed by atoms with Gasteiger partial charge in [0.05, 0.1) is 0 Å². The highest BCUT2D eigenvalue weighted by Crippen LogP contribution is 2.17. The minimum absolute atomic E-state index is 0.164. The Bertz CT molecular complexity index is 434. The molecule has 0 aromatic heterocycles. The predicted octanol–water partition coefficient (Wildman–Crippen LogP) is 0.951. The molecule has 1 saturated heterocycles. The number of imide groups is 1. The summed E-state index contributed by atoms with van der Waals surface area (Å²) in [6.45, 7) is 7.32. The van der Waals surface area contributed by atoms with Gasteiger partial charge in [-0.2, -0.15) is 0 Å². The average molecular weight is 328 g/mol. The summed E-state index contributed by atoms with van der Waals surface area (Å²) in [5, 5.41) is 4.84. The Balaban J connectivity index is 2.40. The van der Waals surface area contributed by atoms with Gasteiger partial charge in [0.1, 0.15) is 5.60 Å². The van der Waals surface area contributed by atoms with Crippen molar-refractivity contribution in [2.45, 2.75) is 58.1 Å². The van der Waals surface area contributed by atoms with Gasteiger partial charge < -0.3 is 15.8 Å². The number of likely N-dealkylation sites (tertiary alicyclic amines) is 1. The minimum Gasteiger partial charge on any atom is -0.444 e. The first-order valence-electron chi connectivity index (χ1n) is 7.97. The van der Waals surface area contributed by atoms with Crippen molar-refractivity contribution in [3.63, 3.8) is 0 Å². The summed E-state index contributed by atoms with van der Waals surface area (Å²) < 4.78 is 5.22. The van der Waals surface area contributed by atoms with Crippen LogP contribution in [0.4, 0.5) is 9.59 Å². The van der Waals surface area contributed by atoms with E-state index in [4.69, 9.17) is 10.5 Å². The van der Waals surface area contributed by atoms with Crippen molar-refractivity contribution in [2.75, 3.05) is 19.6 Å². The molecular weight excluding hydrogens is 300 g/mol. The molecule has 132 valence electrons. The highest BCUT2D eigenvalue weighted by atomic mass is 16.6. The van der Waals surface area contributed by atoms with Gasteiger partial charge in [-0.25, -0.2) is 9.59 Å². The Hall–Kier alpha value is -1.83. The van der Waals surface area contributed by atoms with E-state index in [2.05, 4.69) is 15.5 Å². The summed E-state index contributed by atoms with van der Waals surface area (Å²) in [5.41, 5.74) is 4.39. The fourth-order valence-corrected chi connectivity index (χ4v) is 2.55. The van der Waals surface area contributed by atoms with Crippen LogP contribution in [0.15, 0.2) is 0 Å². The number of piperidine rings is 1. The van der Waals surface area contributed by atoms with E-state index in [0.717, 1.165) is 25.8 Å². The van der Waals surface area contributed by atoms with Gasteiger partial charge in [0.15, 0.2) is 0 Å². The van der Waals surface area contributed by atoms with Crippen LogP contribution >= 0.6 is 0 Å². The summed E-state index contributed by atoms with van der Waals surface area (Å²) in [6, 6.07) is -0.672. The van der Waals surface area contributed by atoms with Crippen molar-refractivity contribution < 1.29 is 19.1 Å². The van der Waals surface area contributed by atoms with Crippen LogP contribution in [0.25, 0.3) is 0 Å². The van der Waals surface area contributed by atoms with Crippen molar-refractivity contribution >= 4 is 18.0 Å². The number of hydrogen-bond acceptors (Lipinski definition) is 5. The average Bonchev–Trinajstić information content (AvgIpc) is 2.41. The predicted molar refractivity (Wildman–Crippen MR) is 85.8 cm³/mol. The number of nitrogens with two attached hydrogens (primary N) is 1.